The minimum absolute atomic E-state index is 0.361. The van der Waals surface area contributed by atoms with Crippen molar-refractivity contribution in [2.24, 2.45) is 5.73 Å². The Balaban J connectivity index is 2.36. The second-order valence-corrected chi connectivity index (χ2v) is 4.11. The number of nitrogens with zero attached hydrogens (tertiary/aromatic N) is 1. The van der Waals surface area contributed by atoms with Crippen molar-refractivity contribution in [2.75, 3.05) is 0 Å². The summed E-state index contributed by atoms with van der Waals surface area (Å²) in [5.41, 5.74) is 5.80. The maximum absolute atomic E-state index is 11.0. The molecule has 0 atom stereocenters. The first kappa shape index (κ1) is 12.7. The molecule has 1 aromatic rings. The average molecular weight is 221 g/mol. The Morgan fingerprint density at radius 3 is 2.75 bits per heavy atom. The monoisotopic (exact) mass is 221 g/mol. The lowest BCUT2D eigenvalue weighted by molar-refractivity contribution is -0.697. The van der Waals surface area contributed by atoms with E-state index in [9.17, 15) is 4.79 Å². The highest BCUT2D eigenvalue weighted by Gasteiger charge is 2.06. The molecule has 0 radical (unpaired) electrons. The number of hydrogen-bond acceptors (Lipinski definition) is 1. The topological polar surface area (TPSA) is 47.0 Å². The highest BCUT2D eigenvalue weighted by molar-refractivity contribution is 5.92. The van der Waals surface area contributed by atoms with Crippen molar-refractivity contribution in [3.63, 3.8) is 0 Å². The lowest BCUT2D eigenvalue weighted by Crippen LogP contribution is -2.34. The molecule has 1 aromatic heterocycles. The van der Waals surface area contributed by atoms with E-state index in [4.69, 9.17) is 5.73 Å². The van der Waals surface area contributed by atoms with Gasteiger partial charge in [0.1, 0.15) is 12.1 Å². The van der Waals surface area contributed by atoms with Crippen LogP contribution in [0.15, 0.2) is 24.5 Å². The van der Waals surface area contributed by atoms with Gasteiger partial charge in [-0.05, 0) is 12.5 Å². The van der Waals surface area contributed by atoms with Crippen molar-refractivity contribution in [1.82, 2.24) is 0 Å². The Morgan fingerprint density at radius 1 is 1.31 bits per heavy atom. The van der Waals surface area contributed by atoms with Gasteiger partial charge in [0.2, 0.25) is 0 Å². The zero-order valence-electron chi connectivity index (χ0n) is 9.98. The second-order valence-electron chi connectivity index (χ2n) is 4.11. The number of aromatic nitrogens is 1. The van der Waals surface area contributed by atoms with Gasteiger partial charge in [-0.1, -0.05) is 26.2 Å². The van der Waals surface area contributed by atoms with Gasteiger partial charge in [-0.2, -0.15) is 0 Å². The molecular weight excluding hydrogens is 200 g/mol. The predicted octanol–water partition coefficient (Wildman–Crippen LogP) is 2.04. The van der Waals surface area contributed by atoms with Crippen LogP contribution in [0, 0.1) is 0 Å². The SMILES string of the molecule is CCCCCCC[n+]1cccc(C(N)=O)c1. The highest BCUT2D eigenvalue weighted by atomic mass is 16.1. The quantitative estimate of drug-likeness (QED) is 0.556. The Kier molecular flexibility index (Phi) is 5.54. The molecule has 0 aliphatic heterocycles. The summed E-state index contributed by atoms with van der Waals surface area (Å²) in [6.45, 7) is 3.18. The normalized spacial score (nSPS) is 10.3. The number of nitrogens with two attached hydrogens (primary N) is 1. The van der Waals surface area contributed by atoms with Crippen LogP contribution in [-0.2, 0) is 6.54 Å². The number of primary amides is 1. The van der Waals surface area contributed by atoms with Crippen LogP contribution >= 0.6 is 0 Å². The first-order valence-corrected chi connectivity index (χ1v) is 6.03. The number of amides is 1. The molecule has 0 fully saturated rings. The van der Waals surface area contributed by atoms with Crippen LogP contribution in [-0.4, -0.2) is 5.91 Å². The Bertz CT molecular complexity index is 336. The van der Waals surface area contributed by atoms with Crippen LogP contribution in [0.1, 0.15) is 49.4 Å². The van der Waals surface area contributed by atoms with Crippen LogP contribution in [0.4, 0.5) is 0 Å². The molecule has 3 nitrogen and oxygen atoms in total. The molecule has 0 unspecified atom stereocenters. The van der Waals surface area contributed by atoms with Gasteiger partial charge in [-0.3, -0.25) is 4.79 Å². The van der Waals surface area contributed by atoms with E-state index in [1.54, 1.807) is 6.07 Å². The molecule has 0 aliphatic carbocycles. The van der Waals surface area contributed by atoms with Crippen LogP contribution in [0.25, 0.3) is 0 Å². The van der Waals surface area contributed by atoms with E-state index in [0.717, 1.165) is 13.0 Å². The molecule has 1 amide bonds. The molecule has 1 heterocycles. The summed E-state index contributed by atoms with van der Waals surface area (Å²) in [6.07, 6.45) is 10.1. The first-order chi connectivity index (χ1) is 7.74. The molecule has 3 heteroatoms. The van der Waals surface area contributed by atoms with E-state index in [0.29, 0.717) is 5.56 Å². The summed E-state index contributed by atoms with van der Waals surface area (Å²) in [4.78, 5) is 11.0. The fourth-order valence-corrected chi connectivity index (χ4v) is 1.70. The smallest absolute Gasteiger partial charge is 0.254 e. The van der Waals surface area contributed by atoms with Gasteiger partial charge < -0.3 is 5.73 Å². The van der Waals surface area contributed by atoms with E-state index in [2.05, 4.69) is 6.92 Å². The van der Waals surface area contributed by atoms with E-state index in [1.807, 2.05) is 23.0 Å². The van der Waals surface area contributed by atoms with Crippen LogP contribution in [0.2, 0.25) is 0 Å². The van der Waals surface area contributed by atoms with Gasteiger partial charge >= 0.3 is 0 Å². The van der Waals surface area contributed by atoms with Crippen molar-refractivity contribution in [3.05, 3.63) is 30.1 Å². The summed E-state index contributed by atoms with van der Waals surface area (Å²) < 4.78 is 2.03. The fourth-order valence-electron chi connectivity index (χ4n) is 1.70. The molecule has 0 bridgehead atoms. The molecule has 0 spiro atoms. The molecule has 0 aromatic carbocycles. The fraction of sp³-hybridized carbons (Fsp3) is 0.538. The van der Waals surface area contributed by atoms with Gasteiger partial charge in [0.15, 0.2) is 12.4 Å². The van der Waals surface area contributed by atoms with Gasteiger partial charge in [-0.15, -0.1) is 0 Å². The summed E-state index contributed by atoms with van der Waals surface area (Å²) >= 11 is 0. The van der Waals surface area contributed by atoms with E-state index in [1.165, 1.54) is 25.7 Å². The van der Waals surface area contributed by atoms with Crippen molar-refractivity contribution in [1.29, 1.82) is 0 Å². The third-order valence-corrected chi connectivity index (χ3v) is 2.66. The third kappa shape index (κ3) is 4.43. The van der Waals surface area contributed by atoms with Gasteiger partial charge in [0.25, 0.3) is 5.91 Å². The number of carbonyl (C=O) groups excluding carboxylic acids is 1. The highest BCUT2D eigenvalue weighted by Crippen LogP contribution is 2.02. The number of aryl methyl sites for hydroxylation is 1. The molecule has 0 saturated heterocycles. The first-order valence-electron chi connectivity index (χ1n) is 6.03. The van der Waals surface area contributed by atoms with E-state index >= 15 is 0 Å². The van der Waals surface area contributed by atoms with Crippen molar-refractivity contribution < 1.29 is 9.36 Å². The molecule has 16 heavy (non-hydrogen) atoms. The molecule has 0 saturated carbocycles. The van der Waals surface area contributed by atoms with Crippen LogP contribution in [0.3, 0.4) is 0 Å². The number of rotatable bonds is 7. The average Bonchev–Trinajstić information content (AvgIpc) is 2.29. The zero-order chi connectivity index (χ0) is 11.8. The third-order valence-electron chi connectivity index (χ3n) is 2.66. The summed E-state index contributed by atoms with van der Waals surface area (Å²) in [6, 6.07) is 3.61. The number of pyridine rings is 1. The largest absolute Gasteiger partial charge is 0.365 e. The lowest BCUT2D eigenvalue weighted by Gasteiger charge is -1.99. The summed E-state index contributed by atoms with van der Waals surface area (Å²) in [5.74, 6) is -0.361. The van der Waals surface area contributed by atoms with E-state index < -0.39 is 0 Å². The molecule has 2 N–H and O–H groups in total. The summed E-state index contributed by atoms with van der Waals surface area (Å²) in [7, 11) is 0. The second kappa shape index (κ2) is 6.99. The number of hydrogen-bond donors (Lipinski definition) is 1. The Labute approximate surface area is 97.3 Å². The molecule has 1 rings (SSSR count). The number of unbranched alkanes of at least 4 members (excludes halogenated alkanes) is 4. The van der Waals surface area contributed by atoms with Gasteiger partial charge in [0, 0.05) is 12.5 Å². The Hall–Kier alpha value is -1.38. The lowest BCUT2D eigenvalue weighted by atomic mass is 10.1. The van der Waals surface area contributed by atoms with E-state index in [-0.39, 0.29) is 5.91 Å². The molecular formula is C13H21N2O+. The van der Waals surface area contributed by atoms with Crippen molar-refractivity contribution >= 4 is 5.91 Å². The minimum atomic E-state index is -0.361. The standard InChI is InChI=1S/C13H20N2O/c1-2-3-4-5-6-9-15-10-7-8-12(11-15)13(14)16/h7-8,10-11H,2-6,9H2,1H3,(H-,14,16)/p+1. The zero-order valence-corrected chi connectivity index (χ0v) is 9.98. The predicted molar refractivity (Wildman–Crippen MR) is 63.9 cm³/mol. The van der Waals surface area contributed by atoms with Crippen LogP contribution in [0.5, 0.6) is 0 Å². The van der Waals surface area contributed by atoms with Gasteiger partial charge in [0.05, 0.1) is 0 Å². The molecule has 0 aliphatic rings. The number of carbonyl (C=O) groups is 1. The summed E-state index contributed by atoms with van der Waals surface area (Å²) in [5, 5.41) is 0. The minimum Gasteiger partial charge on any atom is -0.365 e. The van der Waals surface area contributed by atoms with Crippen LogP contribution < -0.4 is 10.3 Å². The maximum atomic E-state index is 11.0. The van der Waals surface area contributed by atoms with Crippen molar-refractivity contribution in [3.8, 4) is 0 Å². The molecule has 88 valence electrons. The van der Waals surface area contributed by atoms with Gasteiger partial charge in [-0.25, -0.2) is 4.57 Å². The van der Waals surface area contributed by atoms with Crippen molar-refractivity contribution in [2.45, 2.75) is 45.6 Å². The maximum Gasteiger partial charge on any atom is 0.254 e. The Morgan fingerprint density at radius 2 is 2.06 bits per heavy atom.